The van der Waals surface area contributed by atoms with E-state index in [-0.39, 0.29) is 5.28 Å². The molecule has 0 fully saturated rings. The minimum Gasteiger partial charge on any atom is -0.465 e. The van der Waals surface area contributed by atoms with Gasteiger partial charge in [0.1, 0.15) is 0 Å². The van der Waals surface area contributed by atoms with Crippen LogP contribution >= 0.6 is 11.6 Å². The van der Waals surface area contributed by atoms with E-state index >= 15 is 0 Å². The number of halogens is 1. The zero-order valence-electron chi connectivity index (χ0n) is 7.27. The summed E-state index contributed by atoms with van der Waals surface area (Å²) in [6.07, 6.45) is 1.27. The van der Waals surface area contributed by atoms with Crippen LogP contribution in [0.2, 0.25) is 5.28 Å². The Kier molecular flexibility index (Phi) is 2.25. The first-order chi connectivity index (χ1) is 6.66. The standard InChI is InChI=1S/C8H8ClN3O2/c9-7-10-3-5-4-12(8(13)14)2-1-6(5)11-7/h3H,1-2,4H2,(H,13,14). The van der Waals surface area contributed by atoms with Gasteiger partial charge in [-0.2, -0.15) is 0 Å². The maximum atomic E-state index is 10.7. The summed E-state index contributed by atoms with van der Waals surface area (Å²) in [7, 11) is 0. The molecule has 0 unspecified atom stereocenters. The number of aromatic nitrogens is 2. The first-order valence-corrected chi connectivity index (χ1v) is 4.53. The molecule has 2 rings (SSSR count). The van der Waals surface area contributed by atoms with Crippen LogP contribution in [0, 0.1) is 0 Å². The molecule has 0 atom stereocenters. The van der Waals surface area contributed by atoms with E-state index in [0.717, 1.165) is 11.3 Å². The third kappa shape index (κ3) is 1.63. The molecule has 1 aliphatic heterocycles. The zero-order valence-corrected chi connectivity index (χ0v) is 8.03. The van der Waals surface area contributed by atoms with Gasteiger partial charge in [-0.15, -0.1) is 0 Å². The van der Waals surface area contributed by atoms with Gasteiger partial charge in [0.15, 0.2) is 0 Å². The Bertz CT molecular complexity index is 383. The highest BCUT2D eigenvalue weighted by Gasteiger charge is 2.21. The molecular formula is C8H8ClN3O2. The lowest BCUT2D eigenvalue weighted by Crippen LogP contribution is -2.35. The van der Waals surface area contributed by atoms with E-state index in [2.05, 4.69) is 9.97 Å². The highest BCUT2D eigenvalue weighted by Crippen LogP contribution is 2.17. The van der Waals surface area contributed by atoms with Gasteiger partial charge < -0.3 is 10.0 Å². The summed E-state index contributed by atoms with van der Waals surface area (Å²) in [6.45, 7) is 0.817. The molecule has 1 aliphatic rings. The Morgan fingerprint density at radius 1 is 1.64 bits per heavy atom. The van der Waals surface area contributed by atoms with E-state index in [9.17, 15) is 4.79 Å². The SMILES string of the molecule is O=C(O)N1CCc2nc(Cl)ncc2C1. The van der Waals surface area contributed by atoms with Crippen LogP contribution < -0.4 is 0 Å². The Morgan fingerprint density at radius 3 is 3.14 bits per heavy atom. The van der Waals surface area contributed by atoms with E-state index in [0.29, 0.717) is 19.5 Å². The van der Waals surface area contributed by atoms with Crippen LogP contribution in [0.3, 0.4) is 0 Å². The molecule has 0 aromatic carbocycles. The van der Waals surface area contributed by atoms with Crippen molar-refractivity contribution in [2.75, 3.05) is 6.54 Å². The lowest BCUT2D eigenvalue weighted by atomic mass is 10.1. The van der Waals surface area contributed by atoms with Gasteiger partial charge in [0, 0.05) is 24.7 Å². The number of hydrogen-bond donors (Lipinski definition) is 1. The Hall–Kier alpha value is -1.36. The molecule has 1 N–H and O–H groups in total. The number of carbonyl (C=O) groups is 1. The summed E-state index contributed by atoms with van der Waals surface area (Å²) < 4.78 is 0. The summed E-state index contributed by atoms with van der Waals surface area (Å²) in [5.41, 5.74) is 1.69. The third-order valence-electron chi connectivity index (χ3n) is 2.18. The first kappa shape index (κ1) is 9.21. The summed E-state index contributed by atoms with van der Waals surface area (Å²) in [4.78, 5) is 19.9. The zero-order chi connectivity index (χ0) is 10.1. The van der Waals surface area contributed by atoms with E-state index < -0.39 is 6.09 Å². The largest absolute Gasteiger partial charge is 0.465 e. The minimum atomic E-state index is -0.911. The highest BCUT2D eigenvalue weighted by atomic mass is 35.5. The van der Waals surface area contributed by atoms with Gasteiger partial charge in [-0.25, -0.2) is 14.8 Å². The molecule has 14 heavy (non-hydrogen) atoms. The fraction of sp³-hybridized carbons (Fsp3) is 0.375. The van der Waals surface area contributed by atoms with Crippen LogP contribution in [-0.2, 0) is 13.0 Å². The lowest BCUT2D eigenvalue weighted by molar-refractivity contribution is 0.139. The fourth-order valence-corrected chi connectivity index (χ4v) is 1.61. The molecule has 0 aliphatic carbocycles. The van der Waals surface area contributed by atoms with Gasteiger partial charge in [-0.1, -0.05) is 0 Å². The molecule has 1 aromatic heterocycles. The molecule has 5 nitrogen and oxygen atoms in total. The summed E-state index contributed by atoms with van der Waals surface area (Å²) in [5.74, 6) is 0. The van der Waals surface area contributed by atoms with Gasteiger partial charge in [-0.05, 0) is 11.6 Å². The predicted molar refractivity (Wildman–Crippen MR) is 49.2 cm³/mol. The molecule has 74 valence electrons. The molecule has 0 bridgehead atoms. The predicted octanol–water partition coefficient (Wildman–Crippen LogP) is 1.17. The van der Waals surface area contributed by atoms with Crippen molar-refractivity contribution in [1.82, 2.24) is 14.9 Å². The first-order valence-electron chi connectivity index (χ1n) is 4.15. The Labute approximate surface area is 85.3 Å². The van der Waals surface area contributed by atoms with Crippen LogP contribution in [0.25, 0.3) is 0 Å². The second-order valence-electron chi connectivity index (χ2n) is 3.07. The molecule has 0 spiro atoms. The Morgan fingerprint density at radius 2 is 2.43 bits per heavy atom. The summed E-state index contributed by atoms with van der Waals surface area (Å²) in [6, 6.07) is 0. The quantitative estimate of drug-likeness (QED) is 0.657. The molecule has 2 heterocycles. The average molecular weight is 214 g/mol. The minimum absolute atomic E-state index is 0.215. The number of amides is 1. The van der Waals surface area contributed by atoms with Crippen LogP contribution in [0.15, 0.2) is 6.20 Å². The number of hydrogen-bond acceptors (Lipinski definition) is 3. The maximum Gasteiger partial charge on any atom is 0.407 e. The summed E-state index contributed by atoms with van der Waals surface area (Å²) in [5, 5.41) is 8.99. The highest BCUT2D eigenvalue weighted by molar-refractivity contribution is 6.28. The van der Waals surface area contributed by atoms with E-state index in [4.69, 9.17) is 16.7 Å². The second kappa shape index (κ2) is 3.42. The van der Waals surface area contributed by atoms with Crippen molar-refractivity contribution in [2.45, 2.75) is 13.0 Å². The average Bonchev–Trinajstić information content (AvgIpc) is 2.16. The molecule has 0 saturated carbocycles. The van der Waals surface area contributed by atoms with Gasteiger partial charge >= 0.3 is 6.09 Å². The molecule has 0 saturated heterocycles. The number of carboxylic acid groups (broad SMARTS) is 1. The van der Waals surface area contributed by atoms with Crippen LogP contribution in [0.5, 0.6) is 0 Å². The van der Waals surface area contributed by atoms with Crippen LogP contribution in [0.4, 0.5) is 4.79 Å². The van der Waals surface area contributed by atoms with Crippen molar-refractivity contribution in [3.8, 4) is 0 Å². The van der Waals surface area contributed by atoms with Crippen molar-refractivity contribution >= 4 is 17.7 Å². The monoisotopic (exact) mass is 213 g/mol. The number of nitrogens with zero attached hydrogens (tertiary/aromatic N) is 3. The smallest absolute Gasteiger partial charge is 0.407 e. The number of fused-ring (bicyclic) bond motifs is 1. The summed E-state index contributed by atoms with van der Waals surface area (Å²) >= 11 is 5.62. The van der Waals surface area contributed by atoms with Crippen molar-refractivity contribution in [3.63, 3.8) is 0 Å². The molecule has 0 radical (unpaired) electrons. The normalized spacial score (nSPS) is 15.1. The van der Waals surface area contributed by atoms with Crippen molar-refractivity contribution < 1.29 is 9.90 Å². The van der Waals surface area contributed by atoms with Crippen molar-refractivity contribution in [3.05, 3.63) is 22.7 Å². The lowest BCUT2D eigenvalue weighted by Gasteiger charge is -2.25. The van der Waals surface area contributed by atoms with Crippen molar-refractivity contribution in [2.24, 2.45) is 0 Å². The van der Waals surface area contributed by atoms with Crippen molar-refractivity contribution in [1.29, 1.82) is 0 Å². The Balaban J connectivity index is 2.27. The van der Waals surface area contributed by atoms with Gasteiger partial charge in [-0.3, -0.25) is 0 Å². The molecule has 1 aromatic rings. The molecular weight excluding hydrogens is 206 g/mol. The fourth-order valence-electron chi connectivity index (χ4n) is 1.46. The van der Waals surface area contributed by atoms with Crippen LogP contribution in [-0.4, -0.2) is 32.6 Å². The topological polar surface area (TPSA) is 66.3 Å². The molecule has 6 heteroatoms. The second-order valence-corrected chi connectivity index (χ2v) is 3.40. The van der Waals surface area contributed by atoms with Gasteiger partial charge in [0.2, 0.25) is 5.28 Å². The van der Waals surface area contributed by atoms with E-state index in [1.54, 1.807) is 6.20 Å². The number of rotatable bonds is 0. The van der Waals surface area contributed by atoms with E-state index in [1.807, 2.05) is 0 Å². The molecule has 1 amide bonds. The third-order valence-corrected chi connectivity index (χ3v) is 2.36. The van der Waals surface area contributed by atoms with Crippen LogP contribution in [0.1, 0.15) is 11.3 Å². The van der Waals surface area contributed by atoms with E-state index in [1.165, 1.54) is 4.90 Å². The van der Waals surface area contributed by atoms with Gasteiger partial charge in [0.25, 0.3) is 0 Å². The maximum absolute atomic E-state index is 10.7. The van der Waals surface area contributed by atoms with Gasteiger partial charge in [0.05, 0.1) is 12.2 Å².